The highest BCUT2D eigenvalue weighted by atomic mass is 14.2. The second-order valence-electron chi connectivity index (χ2n) is 4.23. The van der Waals surface area contributed by atoms with E-state index in [0.29, 0.717) is 0 Å². The van der Waals surface area contributed by atoms with E-state index in [0.717, 1.165) is 17.8 Å². The van der Waals surface area contributed by atoms with E-state index in [1.807, 2.05) is 0 Å². The Bertz CT molecular complexity index is 96.2. The molecular formula is C10H20. The maximum absolute atomic E-state index is 2.41. The van der Waals surface area contributed by atoms with Gasteiger partial charge in [0.05, 0.1) is 0 Å². The lowest BCUT2D eigenvalue weighted by Crippen LogP contribution is -2.07. The van der Waals surface area contributed by atoms with Crippen molar-refractivity contribution in [2.75, 3.05) is 0 Å². The molecule has 1 saturated carbocycles. The van der Waals surface area contributed by atoms with Crippen LogP contribution in [0.5, 0.6) is 0 Å². The van der Waals surface area contributed by atoms with Gasteiger partial charge in [-0.25, -0.2) is 0 Å². The second kappa shape index (κ2) is 3.41. The van der Waals surface area contributed by atoms with E-state index < -0.39 is 0 Å². The first kappa shape index (κ1) is 8.10. The van der Waals surface area contributed by atoms with Crippen molar-refractivity contribution in [2.45, 2.75) is 46.5 Å². The molecule has 0 N–H and O–H groups in total. The monoisotopic (exact) mass is 140 g/mol. The minimum Gasteiger partial charge on any atom is -0.0625 e. The smallest absolute Gasteiger partial charge is 0.0414 e. The lowest BCUT2D eigenvalue weighted by atomic mass is 9.89. The van der Waals surface area contributed by atoms with Gasteiger partial charge in [-0.2, -0.15) is 0 Å². The van der Waals surface area contributed by atoms with E-state index in [4.69, 9.17) is 0 Å². The molecule has 10 heavy (non-hydrogen) atoms. The highest BCUT2D eigenvalue weighted by molar-refractivity contribution is 4.70. The molecule has 0 saturated heterocycles. The Morgan fingerprint density at radius 1 is 0.900 bits per heavy atom. The zero-order valence-corrected chi connectivity index (χ0v) is 7.56. The molecule has 1 aliphatic rings. The van der Waals surface area contributed by atoms with Gasteiger partial charge in [-0.1, -0.05) is 40.0 Å². The SMILES string of the molecule is CC1CCCC(C)C(C)C1. The molecule has 0 aliphatic heterocycles. The average molecular weight is 140 g/mol. The van der Waals surface area contributed by atoms with Crippen LogP contribution in [0.3, 0.4) is 0 Å². The van der Waals surface area contributed by atoms with Crippen molar-refractivity contribution in [3.63, 3.8) is 0 Å². The third-order valence-corrected chi connectivity index (χ3v) is 3.10. The molecule has 1 aliphatic carbocycles. The number of hydrogen-bond donors (Lipinski definition) is 0. The summed E-state index contributed by atoms with van der Waals surface area (Å²) < 4.78 is 0. The van der Waals surface area contributed by atoms with Crippen LogP contribution in [-0.4, -0.2) is 0 Å². The van der Waals surface area contributed by atoms with Gasteiger partial charge < -0.3 is 0 Å². The van der Waals surface area contributed by atoms with Crippen LogP contribution < -0.4 is 0 Å². The Morgan fingerprint density at radius 3 is 2.30 bits per heavy atom. The Morgan fingerprint density at radius 2 is 1.60 bits per heavy atom. The fraction of sp³-hybridized carbons (Fsp3) is 1.00. The summed E-state index contributed by atoms with van der Waals surface area (Å²) in [6.07, 6.45) is 5.86. The highest BCUT2D eigenvalue weighted by Crippen LogP contribution is 2.30. The molecule has 3 unspecified atom stereocenters. The van der Waals surface area contributed by atoms with Crippen LogP contribution >= 0.6 is 0 Å². The van der Waals surface area contributed by atoms with Crippen LogP contribution in [-0.2, 0) is 0 Å². The van der Waals surface area contributed by atoms with E-state index in [1.54, 1.807) is 0 Å². The topological polar surface area (TPSA) is 0 Å². The zero-order chi connectivity index (χ0) is 7.56. The third-order valence-electron chi connectivity index (χ3n) is 3.10. The van der Waals surface area contributed by atoms with Crippen molar-refractivity contribution in [1.82, 2.24) is 0 Å². The Kier molecular flexibility index (Phi) is 2.76. The summed E-state index contributed by atoms with van der Waals surface area (Å²) in [7, 11) is 0. The van der Waals surface area contributed by atoms with E-state index in [9.17, 15) is 0 Å². The predicted octanol–water partition coefficient (Wildman–Crippen LogP) is 3.47. The fourth-order valence-electron chi connectivity index (χ4n) is 2.06. The van der Waals surface area contributed by atoms with E-state index in [1.165, 1.54) is 25.7 Å². The van der Waals surface area contributed by atoms with Gasteiger partial charge in [0.15, 0.2) is 0 Å². The standard InChI is InChI=1S/C10H20/c1-8-5-4-6-9(2)10(3)7-8/h8-10H,4-7H2,1-3H3. The molecule has 1 fully saturated rings. The molecule has 1 rings (SSSR count). The summed E-state index contributed by atoms with van der Waals surface area (Å²) in [6.45, 7) is 7.21. The summed E-state index contributed by atoms with van der Waals surface area (Å²) in [5.74, 6) is 2.93. The minimum absolute atomic E-state index is 0.970. The van der Waals surface area contributed by atoms with E-state index in [-0.39, 0.29) is 0 Å². The molecule has 0 aromatic carbocycles. The molecule has 0 aromatic rings. The minimum atomic E-state index is 0.970. The van der Waals surface area contributed by atoms with Gasteiger partial charge in [-0.15, -0.1) is 0 Å². The molecule has 60 valence electrons. The molecule has 0 spiro atoms. The van der Waals surface area contributed by atoms with Crippen molar-refractivity contribution in [3.8, 4) is 0 Å². The highest BCUT2D eigenvalue weighted by Gasteiger charge is 2.18. The van der Waals surface area contributed by atoms with Crippen LogP contribution in [0.1, 0.15) is 46.5 Å². The van der Waals surface area contributed by atoms with Crippen molar-refractivity contribution >= 4 is 0 Å². The van der Waals surface area contributed by atoms with Crippen LogP contribution in [0.2, 0.25) is 0 Å². The number of rotatable bonds is 0. The van der Waals surface area contributed by atoms with Crippen LogP contribution in [0.4, 0.5) is 0 Å². The first-order valence-corrected chi connectivity index (χ1v) is 4.70. The van der Waals surface area contributed by atoms with Crippen molar-refractivity contribution < 1.29 is 0 Å². The van der Waals surface area contributed by atoms with Gasteiger partial charge in [0.1, 0.15) is 0 Å². The molecule has 0 amide bonds. The number of hydrogen-bond acceptors (Lipinski definition) is 0. The van der Waals surface area contributed by atoms with E-state index >= 15 is 0 Å². The summed E-state index contributed by atoms with van der Waals surface area (Å²) in [6, 6.07) is 0. The quantitative estimate of drug-likeness (QED) is 0.452. The Labute approximate surface area is 65.0 Å². The average Bonchev–Trinajstić information content (AvgIpc) is 1.96. The largest absolute Gasteiger partial charge is 0.0625 e. The molecule has 3 atom stereocenters. The summed E-state index contributed by atoms with van der Waals surface area (Å²) in [4.78, 5) is 0. The molecule has 0 heteroatoms. The van der Waals surface area contributed by atoms with Crippen LogP contribution in [0, 0.1) is 17.8 Å². The first-order valence-electron chi connectivity index (χ1n) is 4.70. The lowest BCUT2D eigenvalue weighted by molar-refractivity contribution is 0.341. The van der Waals surface area contributed by atoms with Gasteiger partial charge in [-0.3, -0.25) is 0 Å². The van der Waals surface area contributed by atoms with Crippen molar-refractivity contribution in [1.29, 1.82) is 0 Å². The summed E-state index contributed by atoms with van der Waals surface area (Å²) in [5.41, 5.74) is 0. The summed E-state index contributed by atoms with van der Waals surface area (Å²) >= 11 is 0. The molecule has 0 bridgehead atoms. The van der Waals surface area contributed by atoms with Gasteiger partial charge in [0.25, 0.3) is 0 Å². The second-order valence-corrected chi connectivity index (χ2v) is 4.23. The first-order chi connectivity index (χ1) is 4.70. The lowest BCUT2D eigenvalue weighted by Gasteiger charge is -2.17. The zero-order valence-electron chi connectivity index (χ0n) is 7.56. The summed E-state index contributed by atoms with van der Waals surface area (Å²) in [5, 5.41) is 0. The van der Waals surface area contributed by atoms with Gasteiger partial charge in [-0.05, 0) is 24.2 Å². The third kappa shape index (κ3) is 2.00. The molecule has 0 heterocycles. The Hall–Kier alpha value is 0. The van der Waals surface area contributed by atoms with Gasteiger partial charge in [0.2, 0.25) is 0 Å². The maximum Gasteiger partial charge on any atom is -0.0414 e. The molecule has 0 radical (unpaired) electrons. The Balaban J connectivity index is 2.41. The fourth-order valence-corrected chi connectivity index (χ4v) is 2.06. The van der Waals surface area contributed by atoms with E-state index in [2.05, 4.69) is 20.8 Å². The molecule has 0 aromatic heterocycles. The van der Waals surface area contributed by atoms with Gasteiger partial charge >= 0.3 is 0 Å². The van der Waals surface area contributed by atoms with Crippen molar-refractivity contribution in [2.24, 2.45) is 17.8 Å². The molecular weight excluding hydrogens is 120 g/mol. The van der Waals surface area contributed by atoms with Gasteiger partial charge in [0, 0.05) is 0 Å². The van der Waals surface area contributed by atoms with Crippen molar-refractivity contribution in [3.05, 3.63) is 0 Å². The molecule has 0 nitrogen and oxygen atoms in total. The maximum atomic E-state index is 2.41. The van der Waals surface area contributed by atoms with Crippen LogP contribution in [0.25, 0.3) is 0 Å². The van der Waals surface area contributed by atoms with Crippen LogP contribution in [0.15, 0.2) is 0 Å². The normalized spacial score (nSPS) is 42.9. The predicted molar refractivity (Wildman–Crippen MR) is 46.0 cm³/mol.